The van der Waals surface area contributed by atoms with Crippen molar-refractivity contribution in [2.75, 3.05) is 5.75 Å². The third-order valence-electron chi connectivity index (χ3n) is 4.24. The first-order valence-electron chi connectivity index (χ1n) is 7.43. The molecule has 21 heavy (non-hydrogen) atoms. The first-order valence-corrected chi connectivity index (χ1v) is 8.48. The number of carboxylic acid groups (broad SMARTS) is 1. The summed E-state index contributed by atoms with van der Waals surface area (Å²) < 4.78 is 2.30. The summed E-state index contributed by atoms with van der Waals surface area (Å²) in [4.78, 5) is 15.6. The number of thioether (sulfide) groups is 1. The quantitative estimate of drug-likeness (QED) is 0.931. The van der Waals surface area contributed by atoms with Crippen LogP contribution in [0.3, 0.4) is 0 Å². The molecule has 0 radical (unpaired) electrons. The molecule has 1 aromatic heterocycles. The predicted molar refractivity (Wildman–Crippen MR) is 86.2 cm³/mol. The number of nitrogens with zero attached hydrogens (tertiary/aromatic N) is 2. The molecule has 112 valence electrons. The Morgan fingerprint density at radius 2 is 2.29 bits per heavy atom. The van der Waals surface area contributed by atoms with Crippen molar-refractivity contribution in [3.05, 3.63) is 29.6 Å². The number of benzene rings is 1. The third-order valence-corrected chi connectivity index (χ3v) is 5.47. The van der Waals surface area contributed by atoms with E-state index in [-0.39, 0.29) is 0 Å². The standard InChI is InChI=1S/C16H20N2O2S/c1-3-21-13-6-5-12(9-13)18-10(2)17-14-8-11(16(19)20)4-7-15(14)18/h4,7-8,12-13H,3,5-6,9H2,1-2H3,(H,19,20). The van der Waals surface area contributed by atoms with Crippen LogP contribution in [0.2, 0.25) is 0 Å². The van der Waals surface area contributed by atoms with Crippen LogP contribution in [0.25, 0.3) is 11.0 Å². The lowest BCUT2D eigenvalue weighted by Crippen LogP contribution is -2.08. The Balaban J connectivity index is 1.96. The highest BCUT2D eigenvalue weighted by Crippen LogP contribution is 2.39. The fraction of sp³-hybridized carbons (Fsp3) is 0.500. The molecular weight excluding hydrogens is 284 g/mol. The third kappa shape index (κ3) is 2.67. The lowest BCUT2D eigenvalue weighted by atomic mass is 10.2. The summed E-state index contributed by atoms with van der Waals surface area (Å²) in [6, 6.07) is 5.75. The highest BCUT2D eigenvalue weighted by atomic mass is 32.2. The molecule has 4 nitrogen and oxygen atoms in total. The lowest BCUT2D eigenvalue weighted by molar-refractivity contribution is 0.0697. The summed E-state index contributed by atoms with van der Waals surface area (Å²) in [6.07, 6.45) is 3.63. The summed E-state index contributed by atoms with van der Waals surface area (Å²) in [5, 5.41) is 9.83. The molecule has 2 aromatic rings. The molecule has 1 fully saturated rings. The van der Waals surface area contributed by atoms with Crippen molar-refractivity contribution < 1.29 is 9.90 Å². The topological polar surface area (TPSA) is 55.1 Å². The number of aryl methyl sites for hydroxylation is 1. The van der Waals surface area contributed by atoms with Crippen LogP contribution in [0.1, 0.15) is 48.4 Å². The van der Waals surface area contributed by atoms with Gasteiger partial charge in [0, 0.05) is 11.3 Å². The smallest absolute Gasteiger partial charge is 0.335 e. The summed E-state index contributed by atoms with van der Waals surface area (Å²) in [5.41, 5.74) is 2.15. The fourth-order valence-corrected chi connectivity index (χ4v) is 4.48. The minimum absolute atomic E-state index is 0.304. The monoisotopic (exact) mass is 304 g/mol. The maximum atomic E-state index is 11.1. The number of carboxylic acids is 1. The van der Waals surface area contributed by atoms with E-state index in [1.54, 1.807) is 12.1 Å². The summed E-state index contributed by atoms with van der Waals surface area (Å²) in [5.74, 6) is 1.26. The molecule has 5 heteroatoms. The number of carbonyl (C=O) groups is 1. The van der Waals surface area contributed by atoms with Crippen molar-refractivity contribution in [2.24, 2.45) is 0 Å². The van der Waals surface area contributed by atoms with Crippen molar-refractivity contribution in [3.8, 4) is 0 Å². The van der Waals surface area contributed by atoms with E-state index in [0.717, 1.165) is 22.1 Å². The van der Waals surface area contributed by atoms with E-state index in [4.69, 9.17) is 5.11 Å². The molecule has 1 N–H and O–H groups in total. The molecule has 1 heterocycles. The van der Waals surface area contributed by atoms with E-state index in [2.05, 4.69) is 16.5 Å². The second-order valence-corrected chi connectivity index (χ2v) is 7.16. The fourth-order valence-electron chi connectivity index (χ4n) is 3.35. The number of hydrogen-bond acceptors (Lipinski definition) is 3. The second-order valence-electron chi connectivity index (χ2n) is 5.58. The van der Waals surface area contributed by atoms with Gasteiger partial charge in [0.2, 0.25) is 0 Å². The van der Waals surface area contributed by atoms with Crippen LogP contribution in [0.5, 0.6) is 0 Å². The van der Waals surface area contributed by atoms with Gasteiger partial charge >= 0.3 is 5.97 Å². The van der Waals surface area contributed by atoms with Crippen molar-refractivity contribution >= 4 is 28.8 Å². The largest absolute Gasteiger partial charge is 0.478 e. The Labute approximate surface area is 128 Å². The molecule has 1 aliphatic carbocycles. The first-order chi connectivity index (χ1) is 10.1. The molecule has 1 saturated carbocycles. The average molecular weight is 304 g/mol. The lowest BCUT2D eigenvalue weighted by Gasteiger charge is -2.15. The van der Waals surface area contributed by atoms with Crippen molar-refractivity contribution in [3.63, 3.8) is 0 Å². The van der Waals surface area contributed by atoms with Gasteiger partial charge < -0.3 is 9.67 Å². The van der Waals surface area contributed by atoms with Gasteiger partial charge in [-0.1, -0.05) is 6.92 Å². The van der Waals surface area contributed by atoms with E-state index < -0.39 is 5.97 Å². The predicted octanol–water partition coefficient (Wildman–Crippen LogP) is 3.89. The zero-order valence-corrected chi connectivity index (χ0v) is 13.2. The summed E-state index contributed by atoms with van der Waals surface area (Å²) in [7, 11) is 0. The molecule has 0 amide bonds. The Kier molecular flexibility index (Phi) is 3.93. The second kappa shape index (κ2) is 5.72. The van der Waals surface area contributed by atoms with Crippen molar-refractivity contribution in [2.45, 2.75) is 44.4 Å². The number of imidazole rings is 1. The van der Waals surface area contributed by atoms with Crippen LogP contribution in [0, 0.1) is 6.92 Å². The highest BCUT2D eigenvalue weighted by molar-refractivity contribution is 7.99. The van der Waals surface area contributed by atoms with Crippen LogP contribution >= 0.6 is 11.8 Å². The Morgan fingerprint density at radius 3 is 3.00 bits per heavy atom. The van der Waals surface area contributed by atoms with Crippen molar-refractivity contribution in [1.82, 2.24) is 9.55 Å². The Hall–Kier alpha value is -1.49. The van der Waals surface area contributed by atoms with Gasteiger partial charge in [0.05, 0.1) is 16.6 Å². The average Bonchev–Trinajstić information content (AvgIpc) is 3.01. The Morgan fingerprint density at radius 1 is 1.48 bits per heavy atom. The van der Waals surface area contributed by atoms with Gasteiger partial charge in [0.15, 0.2) is 0 Å². The Bertz CT molecular complexity index is 680. The number of hydrogen-bond donors (Lipinski definition) is 1. The zero-order valence-electron chi connectivity index (χ0n) is 12.4. The first kappa shape index (κ1) is 14.4. The van der Waals surface area contributed by atoms with E-state index in [1.165, 1.54) is 25.0 Å². The molecule has 2 atom stereocenters. The van der Waals surface area contributed by atoms with Crippen LogP contribution in [-0.4, -0.2) is 31.6 Å². The molecule has 0 bridgehead atoms. The van der Waals surface area contributed by atoms with Gasteiger partial charge in [0.1, 0.15) is 5.82 Å². The van der Waals surface area contributed by atoms with Gasteiger partial charge in [-0.3, -0.25) is 0 Å². The summed E-state index contributed by atoms with van der Waals surface area (Å²) in [6.45, 7) is 4.23. The number of aromatic carboxylic acids is 1. The van der Waals surface area contributed by atoms with Gasteiger partial charge in [-0.15, -0.1) is 0 Å². The summed E-state index contributed by atoms with van der Waals surface area (Å²) >= 11 is 2.05. The van der Waals surface area contributed by atoms with E-state index in [1.807, 2.05) is 24.8 Å². The van der Waals surface area contributed by atoms with Crippen LogP contribution in [-0.2, 0) is 0 Å². The molecule has 1 aromatic carbocycles. The van der Waals surface area contributed by atoms with Gasteiger partial charge in [0.25, 0.3) is 0 Å². The van der Waals surface area contributed by atoms with Crippen LogP contribution in [0.4, 0.5) is 0 Å². The van der Waals surface area contributed by atoms with Gasteiger partial charge in [-0.2, -0.15) is 11.8 Å². The molecule has 1 aliphatic rings. The van der Waals surface area contributed by atoms with E-state index in [9.17, 15) is 4.79 Å². The zero-order chi connectivity index (χ0) is 15.0. The molecule has 2 unspecified atom stereocenters. The number of rotatable bonds is 4. The molecule has 3 rings (SSSR count). The molecule has 0 spiro atoms. The normalized spacial score (nSPS) is 22.0. The van der Waals surface area contributed by atoms with Gasteiger partial charge in [-0.05, 0) is 50.1 Å². The number of aromatic nitrogens is 2. The van der Waals surface area contributed by atoms with Crippen LogP contribution in [0.15, 0.2) is 18.2 Å². The minimum atomic E-state index is -0.899. The minimum Gasteiger partial charge on any atom is -0.478 e. The SMILES string of the molecule is CCSC1CCC(n2c(C)nc3cc(C(=O)O)ccc32)C1. The van der Waals surface area contributed by atoms with Gasteiger partial charge in [-0.25, -0.2) is 9.78 Å². The molecule has 0 aliphatic heterocycles. The maximum Gasteiger partial charge on any atom is 0.335 e. The van der Waals surface area contributed by atoms with E-state index >= 15 is 0 Å². The number of fused-ring (bicyclic) bond motifs is 1. The van der Waals surface area contributed by atoms with Crippen molar-refractivity contribution in [1.29, 1.82) is 0 Å². The maximum absolute atomic E-state index is 11.1. The molecular formula is C16H20N2O2S. The highest BCUT2D eigenvalue weighted by Gasteiger charge is 2.28. The van der Waals surface area contributed by atoms with E-state index in [0.29, 0.717) is 11.6 Å². The molecule has 0 saturated heterocycles. The van der Waals surface area contributed by atoms with Crippen LogP contribution < -0.4 is 0 Å².